The topological polar surface area (TPSA) is 75.4 Å². The third-order valence-electron chi connectivity index (χ3n) is 4.92. The molecule has 1 unspecified atom stereocenters. The lowest BCUT2D eigenvalue weighted by Gasteiger charge is -2.36. The summed E-state index contributed by atoms with van der Waals surface area (Å²) in [6, 6.07) is 13.0. The molecule has 0 aliphatic carbocycles. The Morgan fingerprint density at radius 2 is 1.89 bits per heavy atom. The highest BCUT2D eigenvalue weighted by atomic mass is 35.5. The second-order valence-corrected chi connectivity index (χ2v) is 7.12. The number of aromatic nitrogens is 3. The highest BCUT2D eigenvalue weighted by molar-refractivity contribution is 6.30. The molecule has 1 amide bonds. The van der Waals surface area contributed by atoms with Crippen molar-refractivity contribution in [3.8, 4) is 11.4 Å². The van der Waals surface area contributed by atoms with Gasteiger partial charge in [0.2, 0.25) is 11.7 Å². The zero-order valence-corrected chi connectivity index (χ0v) is 16.2. The van der Waals surface area contributed by atoms with Gasteiger partial charge in [0.25, 0.3) is 5.91 Å². The highest BCUT2D eigenvalue weighted by Crippen LogP contribution is 2.23. The zero-order valence-electron chi connectivity index (χ0n) is 15.5. The average Bonchev–Trinajstić information content (AvgIpc) is 3.24. The molecule has 8 heteroatoms. The average molecular weight is 398 g/mol. The lowest BCUT2D eigenvalue weighted by molar-refractivity contribution is 0.0546. The molecule has 3 aromatic rings. The standard InChI is InChI=1S/C20H20ClN5O2/c1-14(19-23-18(24-28-19)15-5-3-2-4-6-15)25-9-11-26(12-10-25)20(27)17-13-16(21)7-8-22-17/h2-8,13-14H,9-12H2,1H3. The number of benzene rings is 1. The minimum Gasteiger partial charge on any atom is -0.337 e. The van der Waals surface area contributed by atoms with Gasteiger partial charge in [0, 0.05) is 43.0 Å². The Balaban J connectivity index is 1.38. The predicted molar refractivity (Wildman–Crippen MR) is 105 cm³/mol. The van der Waals surface area contributed by atoms with Crippen LogP contribution in [0.1, 0.15) is 29.3 Å². The van der Waals surface area contributed by atoms with Crippen molar-refractivity contribution in [3.63, 3.8) is 0 Å². The first kappa shape index (κ1) is 18.6. The summed E-state index contributed by atoms with van der Waals surface area (Å²) in [5.74, 6) is 1.07. The number of rotatable bonds is 4. The van der Waals surface area contributed by atoms with E-state index < -0.39 is 0 Å². The Labute approximate surface area is 167 Å². The third kappa shape index (κ3) is 3.90. The summed E-state index contributed by atoms with van der Waals surface area (Å²) < 4.78 is 5.48. The van der Waals surface area contributed by atoms with Crippen molar-refractivity contribution in [1.82, 2.24) is 24.9 Å². The molecule has 1 fully saturated rings. The first-order valence-corrected chi connectivity index (χ1v) is 9.53. The number of amides is 1. The van der Waals surface area contributed by atoms with E-state index in [0.29, 0.717) is 35.5 Å². The first-order valence-electron chi connectivity index (χ1n) is 9.16. The molecule has 0 N–H and O–H groups in total. The molecule has 1 aromatic carbocycles. The molecule has 0 radical (unpaired) electrons. The Kier molecular flexibility index (Phi) is 5.36. The van der Waals surface area contributed by atoms with Gasteiger partial charge in [-0.1, -0.05) is 47.1 Å². The maximum Gasteiger partial charge on any atom is 0.272 e. The third-order valence-corrected chi connectivity index (χ3v) is 5.16. The van der Waals surface area contributed by atoms with Crippen molar-refractivity contribution in [2.24, 2.45) is 0 Å². The minimum absolute atomic E-state index is 0.0218. The molecule has 3 heterocycles. The van der Waals surface area contributed by atoms with Gasteiger partial charge in [0.05, 0.1) is 6.04 Å². The lowest BCUT2D eigenvalue weighted by atomic mass is 10.2. The van der Waals surface area contributed by atoms with E-state index in [-0.39, 0.29) is 11.9 Å². The van der Waals surface area contributed by atoms with Crippen LogP contribution in [-0.2, 0) is 0 Å². The van der Waals surface area contributed by atoms with E-state index in [9.17, 15) is 4.79 Å². The van der Waals surface area contributed by atoms with Crippen molar-refractivity contribution in [1.29, 1.82) is 0 Å². The molecule has 0 bridgehead atoms. The van der Waals surface area contributed by atoms with Gasteiger partial charge in [-0.15, -0.1) is 0 Å². The van der Waals surface area contributed by atoms with E-state index in [4.69, 9.17) is 16.1 Å². The number of carbonyl (C=O) groups is 1. The van der Waals surface area contributed by atoms with E-state index in [1.165, 1.54) is 0 Å². The summed E-state index contributed by atoms with van der Waals surface area (Å²) in [6.45, 7) is 4.69. The largest absolute Gasteiger partial charge is 0.337 e. The smallest absolute Gasteiger partial charge is 0.272 e. The molecular weight excluding hydrogens is 378 g/mol. The molecule has 144 valence electrons. The highest BCUT2D eigenvalue weighted by Gasteiger charge is 2.28. The normalized spacial score (nSPS) is 16.1. The number of carbonyl (C=O) groups excluding carboxylic acids is 1. The molecule has 1 atom stereocenters. The van der Waals surface area contributed by atoms with Crippen LogP contribution < -0.4 is 0 Å². The SMILES string of the molecule is CC(c1nc(-c2ccccc2)no1)N1CCN(C(=O)c2cc(Cl)ccn2)CC1. The van der Waals surface area contributed by atoms with E-state index in [2.05, 4.69) is 20.0 Å². The first-order chi connectivity index (χ1) is 13.6. The van der Waals surface area contributed by atoms with Crippen molar-refractivity contribution < 1.29 is 9.32 Å². The monoisotopic (exact) mass is 397 g/mol. The Morgan fingerprint density at radius 3 is 2.61 bits per heavy atom. The molecule has 1 aliphatic heterocycles. The maximum absolute atomic E-state index is 12.6. The van der Waals surface area contributed by atoms with Crippen LogP contribution in [0.3, 0.4) is 0 Å². The van der Waals surface area contributed by atoms with E-state index in [1.54, 1.807) is 23.2 Å². The predicted octanol–water partition coefficient (Wildman–Crippen LogP) is 3.30. The molecular formula is C20H20ClN5O2. The molecule has 2 aromatic heterocycles. The molecule has 1 aliphatic rings. The molecule has 1 saturated heterocycles. The van der Waals surface area contributed by atoms with Crippen LogP contribution in [0.2, 0.25) is 5.02 Å². The van der Waals surface area contributed by atoms with Gasteiger partial charge in [0.15, 0.2) is 0 Å². The van der Waals surface area contributed by atoms with Crippen molar-refractivity contribution in [2.45, 2.75) is 13.0 Å². The Hall–Kier alpha value is -2.77. The van der Waals surface area contributed by atoms with E-state index in [0.717, 1.165) is 18.7 Å². The summed E-state index contributed by atoms with van der Waals surface area (Å²) in [5, 5.41) is 4.61. The zero-order chi connectivity index (χ0) is 19.5. The number of pyridine rings is 1. The van der Waals surface area contributed by atoms with Crippen LogP contribution in [0.5, 0.6) is 0 Å². The number of nitrogens with zero attached hydrogens (tertiary/aromatic N) is 5. The molecule has 0 saturated carbocycles. The van der Waals surface area contributed by atoms with Crippen LogP contribution in [0.4, 0.5) is 0 Å². The quantitative estimate of drug-likeness (QED) is 0.672. The number of hydrogen-bond acceptors (Lipinski definition) is 6. The second-order valence-electron chi connectivity index (χ2n) is 6.69. The van der Waals surface area contributed by atoms with Gasteiger partial charge in [-0.05, 0) is 19.1 Å². The van der Waals surface area contributed by atoms with Gasteiger partial charge in [-0.3, -0.25) is 14.7 Å². The number of halogens is 1. The second kappa shape index (κ2) is 8.08. The Bertz CT molecular complexity index is 954. The molecule has 0 spiro atoms. The Morgan fingerprint density at radius 1 is 1.14 bits per heavy atom. The minimum atomic E-state index is -0.0982. The van der Waals surface area contributed by atoms with Crippen molar-refractivity contribution in [3.05, 3.63) is 65.3 Å². The summed E-state index contributed by atoms with van der Waals surface area (Å²) in [5.41, 5.74) is 1.30. The van der Waals surface area contributed by atoms with Crippen LogP contribution in [0.25, 0.3) is 11.4 Å². The van der Waals surface area contributed by atoms with Crippen molar-refractivity contribution in [2.75, 3.05) is 26.2 Å². The van der Waals surface area contributed by atoms with Crippen molar-refractivity contribution >= 4 is 17.5 Å². The van der Waals surface area contributed by atoms with Gasteiger partial charge < -0.3 is 9.42 Å². The fourth-order valence-corrected chi connectivity index (χ4v) is 3.42. The fraction of sp³-hybridized carbons (Fsp3) is 0.300. The van der Waals surface area contributed by atoms with E-state index >= 15 is 0 Å². The van der Waals surface area contributed by atoms with E-state index in [1.807, 2.05) is 37.3 Å². The lowest BCUT2D eigenvalue weighted by Crippen LogP contribution is -2.49. The number of piperazine rings is 1. The molecule has 7 nitrogen and oxygen atoms in total. The van der Waals surface area contributed by atoms with Gasteiger partial charge in [-0.2, -0.15) is 4.98 Å². The summed E-state index contributed by atoms with van der Waals surface area (Å²) in [4.78, 5) is 25.3. The fourth-order valence-electron chi connectivity index (χ4n) is 3.26. The molecule has 28 heavy (non-hydrogen) atoms. The van der Waals surface area contributed by atoms with Crippen LogP contribution in [0, 0.1) is 0 Å². The van der Waals surface area contributed by atoms with Gasteiger partial charge in [-0.25, -0.2) is 0 Å². The number of hydrogen-bond donors (Lipinski definition) is 0. The van der Waals surface area contributed by atoms with Gasteiger partial charge >= 0.3 is 0 Å². The van der Waals surface area contributed by atoms with Gasteiger partial charge in [0.1, 0.15) is 5.69 Å². The molecule has 4 rings (SSSR count). The van der Waals surface area contributed by atoms with Crippen LogP contribution in [0.15, 0.2) is 53.2 Å². The summed E-state index contributed by atoms with van der Waals surface area (Å²) >= 11 is 5.96. The van der Waals surface area contributed by atoms with Crippen LogP contribution >= 0.6 is 11.6 Å². The summed E-state index contributed by atoms with van der Waals surface area (Å²) in [7, 11) is 0. The summed E-state index contributed by atoms with van der Waals surface area (Å²) in [6.07, 6.45) is 1.55. The van der Waals surface area contributed by atoms with Crippen LogP contribution in [-0.4, -0.2) is 57.0 Å². The maximum atomic E-state index is 12.6.